The number of aromatic nitrogens is 3. The van der Waals surface area contributed by atoms with Crippen LogP contribution in [0.25, 0.3) is 0 Å². The third kappa shape index (κ3) is 6.73. The molecule has 0 aliphatic carbocycles. The maximum Gasteiger partial charge on any atom is 0.250 e. The summed E-state index contributed by atoms with van der Waals surface area (Å²) in [5.74, 6) is 0.430. The topological polar surface area (TPSA) is 124 Å². The number of amides is 3. The maximum absolute atomic E-state index is 14.2. The third-order valence-corrected chi connectivity index (χ3v) is 8.99. The van der Waals surface area contributed by atoms with Crippen LogP contribution in [0.15, 0.2) is 91.6 Å². The smallest absolute Gasteiger partial charge is 0.250 e. The van der Waals surface area contributed by atoms with Crippen molar-refractivity contribution in [2.45, 2.75) is 50.2 Å². The number of aryl methyl sites for hydroxylation is 1. The molecule has 4 aromatic rings. The summed E-state index contributed by atoms with van der Waals surface area (Å²) in [5, 5.41) is 3.01. The van der Waals surface area contributed by atoms with Gasteiger partial charge in [0.1, 0.15) is 17.3 Å². The van der Waals surface area contributed by atoms with E-state index in [1.165, 1.54) is 0 Å². The Kier molecular flexibility index (Phi) is 9.28. The Morgan fingerprint density at radius 3 is 2.43 bits per heavy atom. The highest BCUT2D eigenvalue weighted by Crippen LogP contribution is 2.40. The zero-order valence-electron chi connectivity index (χ0n) is 26.0. The molecule has 0 unspecified atom stereocenters. The summed E-state index contributed by atoms with van der Waals surface area (Å²) in [5.41, 5.74) is 2.95. The van der Waals surface area contributed by atoms with Crippen LogP contribution in [0.2, 0.25) is 0 Å². The zero-order valence-corrected chi connectivity index (χ0v) is 26.0. The van der Waals surface area contributed by atoms with Gasteiger partial charge < -0.3 is 29.7 Å². The van der Waals surface area contributed by atoms with Crippen LogP contribution in [0.4, 0.5) is 5.69 Å². The van der Waals surface area contributed by atoms with E-state index < -0.39 is 11.6 Å². The number of piperidine rings is 1. The molecule has 46 heavy (non-hydrogen) atoms. The molecule has 2 aromatic heterocycles. The number of benzene rings is 2. The fourth-order valence-corrected chi connectivity index (χ4v) is 6.49. The van der Waals surface area contributed by atoms with Crippen LogP contribution in [0.1, 0.15) is 36.1 Å². The molecule has 2 aliphatic heterocycles. The van der Waals surface area contributed by atoms with Crippen LogP contribution < -0.4 is 15.0 Å². The lowest BCUT2D eigenvalue weighted by Crippen LogP contribution is -2.59. The second kappa shape index (κ2) is 13.8. The molecular weight excluding hydrogens is 582 g/mol. The summed E-state index contributed by atoms with van der Waals surface area (Å²) in [6.45, 7) is 1.72. The van der Waals surface area contributed by atoms with Gasteiger partial charge in [0, 0.05) is 62.4 Å². The first-order valence-electron chi connectivity index (χ1n) is 15.6. The van der Waals surface area contributed by atoms with Gasteiger partial charge in [0.25, 0.3) is 0 Å². The van der Waals surface area contributed by atoms with Gasteiger partial charge in [-0.1, -0.05) is 36.4 Å². The van der Waals surface area contributed by atoms with E-state index in [1.807, 2.05) is 71.6 Å². The highest BCUT2D eigenvalue weighted by Gasteiger charge is 2.54. The molecule has 0 radical (unpaired) electrons. The molecule has 3 amide bonds. The highest BCUT2D eigenvalue weighted by atomic mass is 16.5. The van der Waals surface area contributed by atoms with E-state index >= 15 is 0 Å². The molecule has 2 fully saturated rings. The molecule has 238 valence electrons. The quantitative estimate of drug-likeness (QED) is 0.263. The van der Waals surface area contributed by atoms with E-state index in [4.69, 9.17) is 4.74 Å². The number of hydrogen-bond acceptors (Lipinski definition) is 7. The van der Waals surface area contributed by atoms with Crippen molar-refractivity contribution in [1.82, 2.24) is 30.1 Å². The van der Waals surface area contributed by atoms with Gasteiger partial charge in [0.15, 0.2) is 0 Å². The lowest BCUT2D eigenvalue weighted by molar-refractivity contribution is -0.141. The average molecular weight is 622 g/mol. The molecule has 6 rings (SSSR count). The average Bonchev–Trinajstić information content (AvgIpc) is 3.71. The first-order valence-corrected chi connectivity index (χ1v) is 15.6. The molecule has 1 spiro atoms. The zero-order chi connectivity index (χ0) is 31.9. The van der Waals surface area contributed by atoms with Crippen molar-refractivity contribution in [3.8, 4) is 5.75 Å². The molecular formula is C35H39N7O4. The van der Waals surface area contributed by atoms with Crippen molar-refractivity contribution in [2.75, 3.05) is 31.8 Å². The Labute approximate surface area is 268 Å². The molecule has 0 bridgehead atoms. The lowest BCUT2D eigenvalue weighted by Gasteiger charge is -2.44. The number of nitrogens with one attached hydrogen (secondary N) is 2. The number of nitrogens with zero attached hydrogens (tertiary/aromatic N) is 5. The second-order valence-electron chi connectivity index (χ2n) is 11.9. The van der Waals surface area contributed by atoms with Crippen molar-refractivity contribution >= 4 is 23.4 Å². The largest absolute Gasteiger partial charge is 0.497 e. The number of carbonyl (C=O) groups is 3. The summed E-state index contributed by atoms with van der Waals surface area (Å²) in [7, 11) is 1.61. The molecule has 2 aliphatic rings. The maximum atomic E-state index is 14.2. The van der Waals surface area contributed by atoms with Gasteiger partial charge in [-0.25, -0.2) is 4.98 Å². The van der Waals surface area contributed by atoms with Crippen LogP contribution in [0.5, 0.6) is 5.75 Å². The first kappa shape index (κ1) is 30.8. The van der Waals surface area contributed by atoms with Gasteiger partial charge in [-0.3, -0.25) is 19.4 Å². The van der Waals surface area contributed by atoms with Gasteiger partial charge in [-0.05, 0) is 60.7 Å². The molecule has 4 heterocycles. The Balaban J connectivity index is 1.18. The van der Waals surface area contributed by atoms with Gasteiger partial charge in [-0.15, -0.1) is 0 Å². The number of hydrogen-bond donors (Lipinski definition) is 2. The minimum absolute atomic E-state index is 0.0641. The number of rotatable bonds is 11. The summed E-state index contributed by atoms with van der Waals surface area (Å²) < 4.78 is 5.29. The van der Waals surface area contributed by atoms with Gasteiger partial charge in [-0.2, -0.15) is 0 Å². The molecule has 2 N–H and O–H groups in total. The number of aromatic amines is 1. The van der Waals surface area contributed by atoms with Crippen molar-refractivity contribution in [3.05, 3.63) is 108 Å². The normalized spacial score (nSPS) is 16.5. The van der Waals surface area contributed by atoms with Crippen molar-refractivity contribution in [3.63, 3.8) is 0 Å². The SMILES string of the molecule is COc1ccc(C[C@@H](NC(=O)CCc2cnc[nH]2)C(=O)N2CCC3(CC2)C(=O)N(Cc2cccnc2)CN3c2ccccc2)cc1. The summed E-state index contributed by atoms with van der Waals surface area (Å²) >= 11 is 0. The van der Waals surface area contributed by atoms with Gasteiger partial charge >= 0.3 is 0 Å². The Hall–Kier alpha value is -5.19. The molecule has 11 heteroatoms. The van der Waals surface area contributed by atoms with Crippen LogP contribution in [0, 0.1) is 0 Å². The van der Waals surface area contributed by atoms with E-state index in [-0.39, 0.29) is 24.1 Å². The standard InChI is InChI=1S/C35H39N7O4/c1-46-30-12-9-26(10-13-30)20-31(39-32(43)14-11-28-22-37-24-38-28)33(44)40-18-15-35(16-19-40)34(45)41(23-27-6-5-17-36-21-27)25-42(35)29-7-3-2-4-8-29/h2-10,12-13,17,21-22,24,31H,11,14-16,18-20,23,25H2,1H3,(H,37,38)(H,39,43)/t31-/m1/s1. The molecule has 0 saturated carbocycles. The number of methoxy groups -OCH3 is 1. The minimum Gasteiger partial charge on any atom is -0.497 e. The lowest BCUT2D eigenvalue weighted by atomic mass is 9.85. The summed E-state index contributed by atoms with van der Waals surface area (Å²) in [4.78, 5) is 58.5. The van der Waals surface area contributed by atoms with E-state index in [9.17, 15) is 14.4 Å². The second-order valence-corrected chi connectivity index (χ2v) is 11.9. The van der Waals surface area contributed by atoms with E-state index in [0.717, 1.165) is 28.3 Å². The molecule has 1 atom stereocenters. The van der Waals surface area contributed by atoms with Crippen LogP contribution >= 0.6 is 0 Å². The number of pyridine rings is 1. The fourth-order valence-electron chi connectivity index (χ4n) is 6.49. The number of ether oxygens (including phenoxy) is 1. The van der Waals surface area contributed by atoms with Crippen molar-refractivity contribution in [2.24, 2.45) is 0 Å². The molecule has 2 saturated heterocycles. The minimum atomic E-state index is -0.765. The predicted molar refractivity (Wildman–Crippen MR) is 173 cm³/mol. The van der Waals surface area contributed by atoms with Gasteiger partial charge in [0.2, 0.25) is 17.7 Å². The molecule has 2 aromatic carbocycles. The summed E-state index contributed by atoms with van der Waals surface area (Å²) in [6, 6.07) is 20.6. The van der Waals surface area contributed by atoms with Gasteiger partial charge in [0.05, 0.1) is 20.1 Å². The fraction of sp³-hybridized carbons (Fsp3) is 0.343. The predicted octanol–water partition coefficient (Wildman–Crippen LogP) is 3.34. The van der Waals surface area contributed by atoms with Crippen molar-refractivity contribution in [1.29, 1.82) is 0 Å². The Bertz CT molecular complexity index is 1610. The van der Waals surface area contributed by atoms with Crippen LogP contribution in [-0.4, -0.2) is 80.9 Å². The number of likely N-dealkylation sites (tertiary alicyclic amines) is 1. The van der Waals surface area contributed by atoms with Crippen LogP contribution in [-0.2, 0) is 33.8 Å². The highest BCUT2D eigenvalue weighted by molar-refractivity contribution is 5.94. The summed E-state index contributed by atoms with van der Waals surface area (Å²) in [6.07, 6.45) is 8.82. The first-order chi connectivity index (χ1) is 22.4. The number of carbonyl (C=O) groups excluding carboxylic acids is 3. The number of imidazole rings is 1. The van der Waals surface area contributed by atoms with E-state index in [2.05, 4.69) is 25.2 Å². The monoisotopic (exact) mass is 621 g/mol. The Morgan fingerprint density at radius 2 is 1.76 bits per heavy atom. The van der Waals surface area contributed by atoms with Crippen LogP contribution in [0.3, 0.4) is 0 Å². The number of H-pyrrole nitrogens is 1. The number of para-hydroxylation sites is 1. The number of anilines is 1. The Morgan fingerprint density at radius 1 is 0.978 bits per heavy atom. The third-order valence-electron chi connectivity index (χ3n) is 8.99. The molecule has 11 nitrogen and oxygen atoms in total. The van der Waals surface area contributed by atoms with E-state index in [1.54, 1.807) is 36.9 Å². The van der Waals surface area contributed by atoms with E-state index in [0.29, 0.717) is 52.0 Å². The van der Waals surface area contributed by atoms with Crippen molar-refractivity contribution < 1.29 is 19.1 Å².